The summed E-state index contributed by atoms with van der Waals surface area (Å²) >= 11 is 5.93. The Morgan fingerprint density at radius 3 is 2.81 bits per heavy atom. The second-order valence-electron chi connectivity index (χ2n) is 3.22. The van der Waals surface area contributed by atoms with E-state index < -0.39 is 5.82 Å². The van der Waals surface area contributed by atoms with E-state index >= 15 is 0 Å². The van der Waals surface area contributed by atoms with Crippen molar-refractivity contribution in [1.82, 2.24) is 4.98 Å². The maximum atomic E-state index is 13.5. The average Bonchev–Trinajstić information content (AvgIpc) is 2.25. The molecule has 4 nitrogen and oxygen atoms in total. The quantitative estimate of drug-likeness (QED) is 0.583. The molecule has 0 saturated carbocycles. The van der Waals surface area contributed by atoms with E-state index in [1.807, 2.05) is 0 Å². The number of halogens is 2. The van der Waals surface area contributed by atoms with Crippen LogP contribution in [0.3, 0.4) is 0 Å². The molecular weight excluding hydrogens is 231 g/mol. The molecule has 82 valence electrons. The lowest BCUT2D eigenvalue weighted by Gasteiger charge is -2.01. The van der Waals surface area contributed by atoms with E-state index in [9.17, 15) is 4.39 Å². The molecule has 2 rings (SSSR count). The first-order valence-corrected chi connectivity index (χ1v) is 4.84. The van der Waals surface area contributed by atoms with E-state index in [2.05, 4.69) is 4.98 Å². The van der Waals surface area contributed by atoms with Crippen LogP contribution in [0.4, 0.5) is 15.9 Å². The van der Waals surface area contributed by atoms with Crippen LogP contribution in [0.15, 0.2) is 30.6 Å². The van der Waals surface area contributed by atoms with E-state index in [1.54, 1.807) is 12.1 Å². The Morgan fingerprint density at radius 1 is 1.31 bits per heavy atom. The zero-order chi connectivity index (χ0) is 11.7. The predicted octanol–water partition coefficient (Wildman–Crippen LogP) is 1.32. The van der Waals surface area contributed by atoms with E-state index in [4.69, 9.17) is 23.1 Å². The van der Waals surface area contributed by atoms with Crippen molar-refractivity contribution in [2.45, 2.75) is 0 Å². The Balaban J connectivity index is 2.66. The zero-order valence-corrected chi connectivity index (χ0v) is 8.95. The number of nitrogen functional groups attached to an aromatic ring is 2. The summed E-state index contributed by atoms with van der Waals surface area (Å²) in [6, 6.07) is 4.59. The molecule has 6 heteroatoms. The van der Waals surface area contributed by atoms with Crippen molar-refractivity contribution in [3.05, 3.63) is 41.6 Å². The minimum absolute atomic E-state index is 0.211. The van der Waals surface area contributed by atoms with Gasteiger partial charge in [-0.3, -0.25) is 0 Å². The minimum Gasteiger partial charge on any atom is -0.394 e. The second-order valence-corrected chi connectivity index (χ2v) is 3.60. The SMILES string of the molecule is Nc1ccc(Cl)[n+](-c2cc(N)ncc2F)c1. The highest BCUT2D eigenvalue weighted by Gasteiger charge is 2.18. The Morgan fingerprint density at radius 2 is 2.06 bits per heavy atom. The van der Waals surface area contributed by atoms with Crippen LogP contribution < -0.4 is 16.0 Å². The normalized spacial score (nSPS) is 10.4. The van der Waals surface area contributed by atoms with Gasteiger partial charge in [-0.1, -0.05) is 0 Å². The number of pyridine rings is 2. The molecule has 0 saturated heterocycles. The fourth-order valence-electron chi connectivity index (χ4n) is 1.31. The van der Waals surface area contributed by atoms with E-state index in [1.165, 1.54) is 16.8 Å². The number of rotatable bonds is 1. The van der Waals surface area contributed by atoms with Gasteiger partial charge in [0.2, 0.25) is 5.82 Å². The summed E-state index contributed by atoms with van der Waals surface area (Å²) in [5, 5.41) is 0.332. The summed E-state index contributed by atoms with van der Waals surface area (Å²) < 4.78 is 14.9. The Kier molecular flexibility index (Phi) is 2.62. The third kappa shape index (κ3) is 1.90. The van der Waals surface area contributed by atoms with Crippen LogP contribution in [-0.2, 0) is 0 Å². The number of nitrogens with two attached hydrogens (primary N) is 2. The van der Waals surface area contributed by atoms with Crippen LogP contribution >= 0.6 is 11.6 Å². The molecule has 0 atom stereocenters. The Hall–Kier alpha value is -1.88. The molecule has 0 aliphatic heterocycles. The topological polar surface area (TPSA) is 68.8 Å². The molecule has 0 unspecified atom stereocenters. The van der Waals surface area contributed by atoms with Crippen molar-refractivity contribution in [1.29, 1.82) is 0 Å². The van der Waals surface area contributed by atoms with E-state index in [0.717, 1.165) is 6.20 Å². The molecule has 0 spiro atoms. The highest BCUT2D eigenvalue weighted by molar-refractivity contribution is 6.28. The summed E-state index contributed by atoms with van der Waals surface area (Å²) in [7, 11) is 0. The van der Waals surface area contributed by atoms with Crippen LogP contribution in [0.2, 0.25) is 5.15 Å². The first kappa shape index (κ1) is 10.6. The van der Waals surface area contributed by atoms with Gasteiger partial charge in [0, 0.05) is 6.07 Å². The highest BCUT2D eigenvalue weighted by atomic mass is 35.5. The molecule has 0 aromatic carbocycles. The molecule has 0 radical (unpaired) electrons. The standard InChI is InChI=1S/C10H9ClFN4/c11-9-2-1-6(13)5-16(9)8-3-10(14)15-4-7(8)12/h1-5H,13H2,(H2,14,15)/q+1. The molecule has 2 heterocycles. The third-order valence-electron chi connectivity index (χ3n) is 2.04. The smallest absolute Gasteiger partial charge is 0.280 e. The summed E-state index contributed by atoms with van der Waals surface area (Å²) in [4.78, 5) is 3.63. The largest absolute Gasteiger partial charge is 0.394 e. The maximum absolute atomic E-state index is 13.5. The summed E-state index contributed by atoms with van der Waals surface area (Å²) in [6.07, 6.45) is 2.55. The van der Waals surface area contributed by atoms with Gasteiger partial charge in [-0.05, 0) is 17.7 Å². The van der Waals surface area contributed by atoms with E-state index in [-0.39, 0.29) is 11.5 Å². The molecular formula is C10H9ClFN4+. The van der Waals surface area contributed by atoms with Gasteiger partial charge in [-0.2, -0.15) is 4.39 Å². The highest BCUT2D eigenvalue weighted by Crippen LogP contribution is 2.13. The molecule has 0 bridgehead atoms. The van der Waals surface area contributed by atoms with Crippen molar-refractivity contribution in [3.63, 3.8) is 0 Å². The molecule has 4 N–H and O–H groups in total. The van der Waals surface area contributed by atoms with Gasteiger partial charge in [0.15, 0.2) is 6.20 Å². The molecule has 0 fully saturated rings. The zero-order valence-electron chi connectivity index (χ0n) is 8.19. The van der Waals surface area contributed by atoms with Crippen molar-refractivity contribution in [2.24, 2.45) is 0 Å². The molecule has 0 amide bonds. The number of aromatic nitrogens is 2. The van der Waals surface area contributed by atoms with Crippen molar-refractivity contribution >= 4 is 23.1 Å². The maximum Gasteiger partial charge on any atom is 0.280 e. The monoisotopic (exact) mass is 239 g/mol. The van der Waals surface area contributed by atoms with Crippen LogP contribution in [-0.4, -0.2) is 4.98 Å². The predicted molar refractivity (Wildman–Crippen MR) is 59.6 cm³/mol. The van der Waals surface area contributed by atoms with Crippen LogP contribution in [0, 0.1) is 5.82 Å². The van der Waals surface area contributed by atoms with Gasteiger partial charge >= 0.3 is 0 Å². The average molecular weight is 240 g/mol. The second kappa shape index (κ2) is 3.94. The van der Waals surface area contributed by atoms with Crippen LogP contribution in [0.25, 0.3) is 5.69 Å². The number of anilines is 2. The fraction of sp³-hybridized carbons (Fsp3) is 0. The number of nitrogens with zero attached hydrogens (tertiary/aromatic N) is 2. The van der Waals surface area contributed by atoms with Crippen molar-refractivity contribution < 1.29 is 8.96 Å². The van der Waals surface area contributed by atoms with Crippen LogP contribution in [0.5, 0.6) is 0 Å². The van der Waals surface area contributed by atoms with Gasteiger partial charge in [-0.15, -0.1) is 4.57 Å². The lowest BCUT2D eigenvalue weighted by atomic mass is 10.3. The Bertz CT molecular complexity index is 495. The van der Waals surface area contributed by atoms with Crippen molar-refractivity contribution in [2.75, 3.05) is 11.5 Å². The Labute approximate surface area is 96.3 Å². The van der Waals surface area contributed by atoms with Gasteiger partial charge in [0.1, 0.15) is 5.82 Å². The van der Waals surface area contributed by atoms with Crippen molar-refractivity contribution in [3.8, 4) is 5.69 Å². The molecule has 0 aliphatic rings. The summed E-state index contributed by atoms with van der Waals surface area (Å²) in [5.74, 6) is -0.311. The van der Waals surface area contributed by atoms with Gasteiger partial charge in [0.25, 0.3) is 10.8 Å². The third-order valence-corrected chi connectivity index (χ3v) is 2.35. The van der Waals surface area contributed by atoms with Gasteiger partial charge in [-0.25, -0.2) is 4.98 Å². The number of hydrogen-bond acceptors (Lipinski definition) is 3. The summed E-state index contributed by atoms with van der Waals surface area (Å²) in [5.41, 5.74) is 11.8. The molecule has 0 aliphatic carbocycles. The van der Waals surface area contributed by atoms with Gasteiger partial charge in [0.05, 0.1) is 18.0 Å². The molecule has 2 aromatic rings. The number of hydrogen-bond donors (Lipinski definition) is 2. The first-order chi connectivity index (χ1) is 7.58. The lowest BCUT2D eigenvalue weighted by Crippen LogP contribution is -2.33. The lowest BCUT2D eigenvalue weighted by molar-refractivity contribution is -0.594. The fourth-order valence-corrected chi connectivity index (χ4v) is 1.51. The minimum atomic E-state index is -0.522. The molecule has 2 aromatic heterocycles. The first-order valence-electron chi connectivity index (χ1n) is 4.46. The van der Waals surface area contributed by atoms with Gasteiger partial charge < -0.3 is 11.5 Å². The summed E-state index contributed by atoms with van der Waals surface area (Å²) in [6.45, 7) is 0. The van der Waals surface area contributed by atoms with Crippen LogP contribution in [0.1, 0.15) is 0 Å². The van der Waals surface area contributed by atoms with E-state index in [0.29, 0.717) is 10.8 Å². The molecule has 16 heavy (non-hydrogen) atoms.